The molecule has 0 unspecified atom stereocenters. The van der Waals surface area contributed by atoms with E-state index in [1.165, 1.54) is 32.7 Å². The van der Waals surface area contributed by atoms with E-state index in [0.29, 0.717) is 47.5 Å². The first-order chi connectivity index (χ1) is 14.5. The Morgan fingerprint density at radius 2 is 1.83 bits per heavy atom. The first-order valence-corrected chi connectivity index (χ1v) is 10.7. The summed E-state index contributed by atoms with van der Waals surface area (Å²) >= 11 is 1.45. The van der Waals surface area contributed by atoms with Crippen LogP contribution in [0.3, 0.4) is 0 Å². The van der Waals surface area contributed by atoms with Crippen LogP contribution in [0.4, 0.5) is 5.13 Å². The number of methoxy groups -OCH3 is 3. The Morgan fingerprint density at radius 3 is 2.40 bits per heavy atom. The molecule has 1 saturated carbocycles. The molecule has 1 aliphatic heterocycles. The number of ether oxygens (including phenoxy) is 3. The van der Waals surface area contributed by atoms with Gasteiger partial charge in [0.05, 0.1) is 33.6 Å². The summed E-state index contributed by atoms with van der Waals surface area (Å²) in [5.41, 5.74) is 1.42. The molecule has 2 amide bonds. The van der Waals surface area contributed by atoms with Gasteiger partial charge in [0.2, 0.25) is 11.7 Å². The second kappa shape index (κ2) is 8.51. The number of aromatic nitrogens is 1. The molecular weight excluding hydrogens is 406 g/mol. The molecule has 160 valence electrons. The standard InChI is InChI=1S/C21H25N3O5S/c1-27-15-9-13(10-16(28-2)18(15)29-3)20(26)24-8-7-14-17(11-24)30-21(22-14)23-19(25)12-5-4-6-12/h9-10,12H,4-8,11H2,1-3H3,(H,22,23,25). The predicted octanol–water partition coefficient (Wildman–Crippen LogP) is 3.11. The lowest BCUT2D eigenvalue weighted by Crippen LogP contribution is -2.35. The van der Waals surface area contributed by atoms with E-state index in [1.807, 2.05) is 0 Å². The van der Waals surface area contributed by atoms with Crippen molar-refractivity contribution >= 4 is 28.3 Å². The van der Waals surface area contributed by atoms with E-state index in [0.717, 1.165) is 29.8 Å². The average Bonchev–Trinajstić information content (AvgIpc) is 3.11. The molecule has 2 aromatic rings. The second-order valence-electron chi connectivity index (χ2n) is 7.40. The number of amides is 2. The minimum absolute atomic E-state index is 0.0534. The Labute approximate surface area is 179 Å². The van der Waals surface area contributed by atoms with Crippen molar-refractivity contribution in [2.45, 2.75) is 32.2 Å². The van der Waals surface area contributed by atoms with Gasteiger partial charge in [-0.3, -0.25) is 9.59 Å². The Morgan fingerprint density at radius 1 is 1.13 bits per heavy atom. The lowest BCUT2D eigenvalue weighted by molar-refractivity contribution is -0.122. The normalized spacial score (nSPS) is 15.8. The van der Waals surface area contributed by atoms with Crippen LogP contribution >= 0.6 is 11.3 Å². The second-order valence-corrected chi connectivity index (χ2v) is 8.48. The lowest BCUT2D eigenvalue weighted by atomic mass is 9.85. The minimum Gasteiger partial charge on any atom is -0.493 e. The van der Waals surface area contributed by atoms with Gasteiger partial charge in [0.25, 0.3) is 5.91 Å². The molecule has 1 fully saturated rings. The predicted molar refractivity (Wildman–Crippen MR) is 113 cm³/mol. The highest BCUT2D eigenvalue weighted by Gasteiger charge is 2.29. The highest BCUT2D eigenvalue weighted by atomic mass is 32.1. The van der Waals surface area contributed by atoms with Crippen LogP contribution in [-0.4, -0.2) is 49.6 Å². The molecule has 0 spiro atoms. The summed E-state index contributed by atoms with van der Waals surface area (Å²) in [6.45, 7) is 1.02. The molecule has 0 atom stereocenters. The summed E-state index contributed by atoms with van der Waals surface area (Å²) in [6.07, 6.45) is 3.67. The van der Waals surface area contributed by atoms with Crippen LogP contribution in [0.15, 0.2) is 12.1 Å². The average molecular weight is 432 g/mol. The van der Waals surface area contributed by atoms with E-state index in [2.05, 4.69) is 10.3 Å². The zero-order valence-electron chi connectivity index (χ0n) is 17.3. The molecule has 1 aromatic carbocycles. The van der Waals surface area contributed by atoms with Gasteiger partial charge >= 0.3 is 0 Å². The van der Waals surface area contributed by atoms with Crippen LogP contribution in [0.25, 0.3) is 0 Å². The SMILES string of the molecule is COc1cc(C(=O)N2CCc3nc(NC(=O)C4CCC4)sc3C2)cc(OC)c1OC. The van der Waals surface area contributed by atoms with Crippen LogP contribution in [0, 0.1) is 5.92 Å². The third-order valence-electron chi connectivity index (χ3n) is 5.64. The Balaban J connectivity index is 1.50. The van der Waals surface area contributed by atoms with Crippen LogP contribution in [-0.2, 0) is 17.8 Å². The molecule has 4 rings (SSSR count). The first-order valence-electron chi connectivity index (χ1n) is 9.92. The molecule has 8 nitrogen and oxygen atoms in total. The fraction of sp³-hybridized carbons (Fsp3) is 0.476. The molecule has 0 radical (unpaired) electrons. The number of nitrogens with zero attached hydrogens (tertiary/aromatic N) is 2. The summed E-state index contributed by atoms with van der Waals surface area (Å²) in [5.74, 6) is 1.38. The van der Waals surface area contributed by atoms with Crippen molar-refractivity contribution in [3.63, 3.8) is 0 Å². The number of fused-ring (bicyclic) bond motifs is 1. The van der Waals surface area contributed by atoms with Gasteiger partial charge < -0.3 is 24.4 Å². The van der Waals surface area contributed by atoms with E-state index < -0.39 is 0 Å². The summed E-state index contributed by atoms with van der Waals surface area (Å²) in [6, 6.07) is 3.33. The quantitative estimate of drug-likeness (QED) is 0.756. The molecule has 0 bridgehead atoms. The number of nitrogens with one attached hydrogen (secondary N) is 1. The van der Waals surface area contributed by atoms with Crippen LogP contribution in [0.1, 0.15) is 40.2 Å². The maximum absolute atomic E-state index is 13.2. The number of rotatable bonds is 6. The van der Waals surface area contributed by atoms with E-state index in [1.54, 1.807) is 17.0 Å². The largest absolute Gasteiger partial charge is 0.493 e. The van der Waals surface area contributed by atoms with Gasteiger partial charge in [-0.1, -0.05) is 17.8 Å². The van der Waals surface area contributed by atoms with Gasteiger partial charge in [-0.15, -0.1) is 0 Å². The number of benzene rings is 1. The van der Waals surface area contributed by atoms with Gasteiger partial charge in [-0.2, -0.15) is 0 Å². The molecule has 1 N–H and O–H groups in total. The summed E-state index contributed by atoms with van der Waals surface area (Å²) in [7, 11) is 4.57. The number of hydrogen-bond acceptors (Lipinski definition) is 7. The van der Waals surface area contributed by atoms with Gasteiger partial charge in [0, 0.05) is 29.3 Å². The lowest BCUT2D eigenvalue weighted by Gasteiger charge is -2.26. The maximum Gasteiger partial charge on any atom is 0.254 e. The van der Waals surface area contributed by atoms with Gasteiger partial charge in [0.15, 0.2) is 16.6 Å². The molecule has 1 aromatic heterocycles. The summed E-state index contributed by atoms with van der Waals surface area (Å²) in [4.78, 5) is 32.7. The molecule has 2 heterocycles. The summed E-state index contributed by atoms with van der Waals surface area (Å²) in [5, 5.41) is 3.56. The van der Waals surface area contributed by atoms with Crippen molar-refractivity contribution in [1.29, 1.82) is 0 Å². The highest BCUT2D eigenvalue weighted by Crippen LogP contribution is 2.39. The first kappa shape index (κ1) is 20.5. The third kappa shape index (κ3) is 3.81. The number of anilines is 1. The van der Waals surface area contributed by atoms with E-state index >= 15 is 0 Å². The zero-order chi connectivity index (χ0) is 21.3. The fourth-order valence-electron chi connectivity index (χ4n) is 3.69. The van der Waals surface area contributed by atoms with E-state index in [-0.39, 0.29) is 17.7 Å². The summed E-state index contributed by atoms with van der Waals surface area (Å²) < 4.78 is 16.1. The van der Waals surface area contributed by atoms with Crippen molar-refractivity contribution in [2.75, 3.05) is 33.2 Å². The number of hydrogen-bond donors (Lipinski definition) is 1. The molecule has 30 heavy (non-hydrogen) atoms. The van der Waals surface area contributed by atoms with E-state index in [9.17, 15) is 9.59 Å². The topological polar surface area (TPSA) is 90.0 Å². The Hall–Kier alpha value is -2.81. The number of carbonyl (C=O) groups is 2. The minimum atomic E-state index is -0.117. The van der Waals surface area contributed by atoms with Crippen LogP contribution in [0.2, 0.25) is 0 Å². The van der Waals surface area contributed by atoms with Gasteiger partial charge in [0.1, 0.15) is 0 Å². The third-order valence-corrected chi connectivity index (χ3v) is 6.63. The Kier molecular flexibility index (Phi) is 5.80. The van der Waals surface area contributed by atoms with E-state index in [4.69, 9.17) is 14.2 Å². The highest BCUT2D eigenvalue weighted by molar-refractivity contribution is 7.15. The van der Waals surface area contributed by atoms with Gasteiger partial charge in [-0.05, 0) is 25.0 Å². The van der Waals surface area contributed by atoms with Gasteiger partial charge in [-0.25, -0.2) is 4.98 Å². The molecule has 9 heteroatoms. The molecular formula is C21H25N3O5S. The number of thiazole rings is 1. The van der Waals surface area contributed by atoms with Crippen LogP contribution in [0.5, 0.6) is 17.2 Å². The molecule has 2 aliphatic rings. The fourth-order valence-corrected chi connectivity index (χ4v) is 4.71. The molecule has 0 saturated heterocycles. The van der Waals surface area contributed by atoms with Crippen molar-refractivity contribution in [1.82, 2.24) is 9.88 Å². The molecule has 1 aliphatic carbocycles. The van der Waals surface area contributed by atoms with Crippen molar-refractivity contribution in [3.8, 4) is 17.2 Å². The van der Waals surface area contributed by atoms with Crippen LogP contribution < -0.4 is 19.5 Å². The smallest absolute Gasteiger partial charge is 0.254 e. The van der Waals surface area contributed by atoms with Crippen molar-refractivity contribution < 1.29 is 23.8 Å². The number of carbonyl (C=O) groups excluding carboxylic acids is 2. The van der Waals surface area contributed by atoms with Crippen molar-refractivity contribution in [3.05, 3.63) is 28.3 Å². The zero-order valence-corrected chi connectivity index (χ0v) is 18.1. The van der Waals surface area contributed by atoms with Crippen molar-refractivity contribution in [2.24, 2.45) is 5.92 Å². The Bertz CT molecular complexity index is 945. The maximum atomic E-state index is 13.2. The monoisotopic (exact) mass is 431 g/mol.